The Balaban J connectivity index is 2.42. The summed E-state index contributed by atoms with van der Waals surface area (Å²) in [6, 6.07) is 14.6. The molecule has 26 heavy (non-hydrogen) atoms. The molecule has 0 radical (unpaired) electrons. The first kappa shape index (κ1) is 19.2. The van der Waals surface area contributed by atoms with Crippen LogP contribution in [-0.2, 0) is 15.6 Å². The van der Waals surface area contributed by atoms with Crippen molar-refractivity contribution in [1.29, 1.82) is 0 Å². The molecule has 0 aliphatic heterocycles. The second kappa shape index (κ2) is 7.38. The highest BCUT2D eigenvalue weighted by Crippen LogP contribution is 2.37. The largest absolute Gasteiger partial charge is 0.408 e. The summed E-state index contributed by atoms with van der Waals surface area (Å²) in [5.74, 6) is 1.13. The van der Waals surface area contributed by atoms with Crippen molar-refractivity contribution in [2.45, 2.75) is 38.5 Å². The van der Waals surface area contributed by atoms with Crippen molar-refractivity contribution in [2.24, 2.45) is 0 Å². The lowest BCUT2D eigenvalue weighted by atomic mass is 9.67. The summed E-state index contributed by atoms with van der Waals surface area (Å²) in [5.41, 5.74) is 0.166. The SMILES string of the molecule is C#COc1cccc(C(C)(C)C(=O)C(C)(C)c2cccc(OC#C)c2)c1. The standard InChI is InChI=1S/C23H22O3/c1-7-25-19-13-9-11-17(15-19)22(3,4)21(24)23(5,6)18-12-10-14-20(16-18)26-8-2/h1-2,9-16H,3-6H3. The molecule has 0 aliphatic carbocycles. The molecule has 0 bridgehead atoms. The summed E-state index contributed by atoms with van der Waals surface area (Å²) >= 11 is 0. The highest BCUT2D eigenvalue weighted by Gasteiger charge is 2.41. The van der Waals surface area contributed by atoms with E-state index in [1.54, 1.807) is 24.3 Å². The zero-order valence-electron chi connectivity index (χ0n) is 15.5. The molecule has 2 aromatic rings. The molecule has 0 fully saturated rings. The minimum atomic E-state index is -0.750. The summed E-state index contributed by atoms with van der Waals surface area (Å²) in [7, 11) is 0. The van der Waals surface area contributed by atoms with Crippen LogP contribution in [0, 0.1) is 25.1 Å². The van der Waals surface area contributed by atoms with Gasteiger partial charge >= 0.3 is 0 Å². The fourth-order valence-electron chi connectivity index (χ4n) is 3.08. The van der Waals surface area contributed by atoms with Gasteiger partial charge in [0.15, 0.2) is 5.78 Å². The van der Waals surface area contributed by atoms with Gasteiger partial charge < -0.3 is 9.47 Å². The molecule has 132 valence electrons. The Labute approximate surface area is 155 Å². The maximum atomic E-state index is 13.5. The monoisotopic (exact) mass is 346 g/mol. The van der Waals surface area contributed by atoms with Crippen LogP contribution in [0.25, 0.3) is 0 Å². The quantitative estimate of drug-likeness (QED) is 0.725. The van der Waals surface area contributed by atoms with Gasteiger partial charge in [-0.25, -0.2) is 0 Å². The Bertz CT molecular complexity index is 819. The molecule has 0 atom stereocenters. The summed E-state index contributed by atoms with van der Waals surface area (Å²) in [4.78, 5) is 13.5. The third kappa shape index (κ3) is 3.73. The molecule has 0 N–H and O–H groups in total. The Kier molecular flexibility index (Phi) is 5.44. The van der Waals surface area contributed by atoms with E-state index in [0.29, 0.717) is 11.5 Å². The predicted molar refractivity (Wildman–Crippen MR) is 103 cm³/mol. The van der Waals surface area contributed by atoms with E-state index >= 15 is 0 Å². The Hall–Kier alpha value is -3.17. The van der Waals surface area contributed by atoms with Gasteiger partial charge in [0, 0.05) is 10.8 Å². The van der Waals surface area contributed by atoms with Crippen molar-refractivity contribution in [3.8, 4) is 36.6 Å². The molecule has 0 saturated heterocycles. The molecule has 0 unspecified atom stereocenters. The third-order valence-electron chi connectivity index (χ3n) is 4.60. The van der Waals surface area contributed by atoms with Crippen LogP contribution in [0.1, 0.15) is 38.8 Å². The van der Waals surface area contributed by atoms with Crippen LogP contribution in [0.2, 0.25) is 0 Å². The number of hydrogen-bond donors (Lipinski definition) is 0. The van der Waals surface area contributed by atoms with Crippen LogP contribution in [0.15, 0.2) is 48.5 Å². The van der Waals surface area contributed by atoms with E-state index in [4.69, 9.17) is 22.3 Å². The number of Topliss-reactive ketones (excluding diaryl/α,β-unsaturated/α-hetero) is 1. The fraction of sp³-hybridized carbons (Fsp3) is 0.261. The van der Waals surface area contributed by atoms with Gasteiger partial charge in [0.05, 0.1) is 0 Å². The lowest BCUT2D eigenvalue weighted by Crippen LogP contribution is -2.42. The second-order valence-electron chi connectivity index (χ2n) is 7.07. The van der Waals surface area contributed by atoms with Gasteiger partial charge in [0.25, 0.3) is 0 Å². The van der Waals surface area contributed by atoms with Gasteiger partial charge in [0.1, 0.15) is 23.7 Å². The second-order valence-corrected chi connectivity index (χ2v) is 7.07. The molecule has 0 heterocycles. The molecule has 0 aliphatic rings. The van der Waals surface area contributed by atoms with Crippen molar-refractivity contribution in [1.82, 2.24) is 0 Å². The van der Waals surface area contributed by atoms with Gasteiger partial charge in [-0.1, -0.05) is 37.1 Å². The molecule has 2 aromatic carbocycles. The molecule has 0 amide bonds. The zero-order chi connectivity index (χ0) is 19.4. The van der Waals surface area contributed by atoms with Crippen LogP contribution < -0.4 is 9.47 Å². The number of carbonyl (C=O) groups excluding carboxylic acids is 1. The zero-order valence-corrected chi connectivity index (χ0v) is 15.5. The van der Waals surface area contributed by atoms with E-state index in [-0.39, 0.29) is 5.78 Å². The number of carbonyl (C=O) groups is 1. The number of terminal acetylenes is 2. The number of ketones is 1. The number of hydrogen-bond acceptors (Lipinski definition) is 3. The molecule has 2 rings (SSSR count). The maximum absolute atomic E-state index is 13.5. The number of benzene rings is 2. The first-order valence-corrected chi connectivity index (χ1v) is 8.24. The van der Waals surface area contributed by atoms with E-state index in [0.717, 1.165) is 11.1 Å². The number of rotatable bonds is 6. The molecule has 0 spiro atoms. The molecular formula is C23H22O3. The van der Waals surface area contributed by atoms with Crippen LogP contribution in [-0.4, -0.2) is 5.78 Å². The first-order chi connectivity index (χ1) is 12.2. The summed E-state index contributed by atoms with van der Waals surface area (Å²) in [6.07, 6.45) is 14.7. The van der Waals surface area contributed by atoms with E-state index in [9.17, 15) is 4.79 Å². The van der Waals surface area contributed by atoms with Crippen LogP contribution >= 0.6 is 0 Å². The minimum Gasteiger partial charge on any atom is -0.408 e. The fourth-order valence-corrected chi connectivity index (χ4v) is 3.08. The van der Waals surface area contributed by atoms with E-state index in [1.807, 2.05) is 52.0 Å². The summed E-state index contributed by atoms with van der Waals surface area (Å²) in [5, 5.41) is 0. The van der Waals surface area contributed by atoms with Crippen molar-refractivity contribution in [3.63, 3.8) is 0 Å². The van der Waals surface area contributed by atoms with Gasteiger partial charge in [-0.2, -0.15) is 0 Å². The van der Waals surface area contributed by atoms with Crippen molar-refractivity contribution in [2.75, 3.05) is 0 Å². The molecule has 0 saturated carbocycles. The molecule has 3 nitrogen and oxygen atoms in total. The molecular weight excluding hydrogens is 324 g/mol. The normalized spacial score (nSPS) is 11.2. The third-order valence-corrected chi connectivity index (χ3v) is 4.60. The van der Waals surface area contributed by atoms with E-state index < -0.39 is 10.8 Å². The molecule has 3 heteroatoms. The predicted octanol–water partition coefficient (Wildman–Crippen LogP) is 4.45. The summed E-state index contributed by atoms with van der Waals surface area (Å²) in [6.45, 7) is 7.59. The minimum absolute atomic E-state index is 0.0562. The van der Waals surface area contributed by atoms with Crippen molar-refractivity contribution >= 4 is 5.78 Å². The van der Waals surface area contributed by atoms with Gasteiger partial charge in [-0.3, -0.25) is 4.79 Å². The lowest BCUT2D eigenvalue weighted by molar-refractivity contribution is -0.128. The summed E-state index contributed by atoms with van der Waals surface area (Å²) < 4.78 is 10.2. The van der Waals surface area contributed by atoms with Gasteiger partial charge in [-0.05, 0) is 63.1 Å². The van der Waals surface area contributed by atoms with E-state index in [1.165, 1.54) is 0 Å². The Morgan fingerprint density at radius 2 is 1.19 bits per heavy atom. The Morgan fingerprint density at radius 3 is 1.54 bits per heavy atom. The average molecular weight is 346 g/mol. The highest BCUT2D eigenvalue weighted by atomic mass is 16.5. The van der Waals surface area contributed by atoms with Crippen LogP contribution in [0.5, 0.6) is 11.5 Å². The topological polar surface area (TPSA) is 35.5 Å². The Morgan fingerprint density at radius 1 is 0.808 bits per heavy atom. The highest BCUT2D eigenvalue weighted by molar-refractivity contribution is 5.97. The van der Waals surface area contributed by atoms with Gasteiger partial charge in [-0.15, -0.1) is 0 Å². The van der Waals surface area contributed by atoms with Crippen LogP contribution in [0.4, 0.5) is 0 Å². The van der Waals surface area contributed by atoms with E-state index in [2.05, 4.69) is 12.2 Å². The average Bonchev–Trinajstić information content (AvgIpc) is 2.62. The van der Waals surface area contributed by atoms with Crippen LogP contribution in [0.3, 0.4) is 0 Å². The lowest BCUT2D eigenvalue weighted by Gasteiger charge is -2.34. The molecule has 0 aromatic heterocycles. The maximum Gasteiger partial charge on any atom is 0.152 e. The van der Waals surface area contributed by atoms with Crippen molar-refractivity contribution < 1.29 is 14.3 Å². The van der Waals surface area contributed by atoms with Gasteiger partial charge in [0.2, 0.25) is 0 Å². The smallest absolute Gasteiger partial charge is 0.152 e. The first-order valence-electron chi connectivity index (χ1n) is 8.24. The van der Waals surface area contributed by atoms with Crippen molar-refractivity contribution in [3.05, 3.63) is 59.7 Å². The number of ether oxygens (including phenoxy) is 2.